The minimum atomic E-state index is -0.716. The molecule has 0 saturated heterocycles. The van der Waals surface area contributed by atoms with E-state index < -0.39 is 11.6 Å². The molecule has 0 aromatic heterocycles. The summed E-state index contributed by atoms with van der Waals surface area (Å²) in [6.45, 7) is 11.7. The number of nitrogens with one attached hydrogen (secondary N) is 1. The van der Waals surface area contributed by atoms with Gasteiger partial charge >= 0.3 is 0 Å². The van der Waals surface area contributed by atoms with Crippen molar-refractivity contribution >= 4 is 23.4 Å². The van der Waals surface area contributed by atoms with Crippen LogP contribution in [0.1, 0.15) is 48.6 Å². The van der Waals surface area contributed by atoms with Crippen LogP contribution in [0, 0.1) is 20.8 Å². The zero-order chi connectivity index (χ0) is 27.2. The summed E-state index contributed by atoms with van der Waals surface area (Å²) in [5.41, 5.74) is 4.34. The minimum Gasteiger partial charge on any atom is -0.484 e. The summed E-state index contributed by atoms with van der Waals surface area (Å²) in [4.78, 5) is 29.0. The van der Waals surface area contributed by atoms with E-state index in [9.17, 15) is 9.59 Å². The Labute approximate surface area is 225 Å². The van der Waals surface area contributed by atoms with Crippen molar-refractivity contribution in [1.29, 1.82) is 0 Å². The fourth-order valence-corrected chi connectivity index (χ4v) is 4.34. The maximum absolute atomic E-state index is 13.7. The maximum Gasteiger partial charge on any atom is 0.261 e. The summed E-state index contributed by atoms with van der Waals surface area (Å²) < 4.78 is 5.93. The number of hydrogen-bond donors (Lipinski definition) is 1. The summed E-state index contributed by atoms with van der Waals surface area (Å²) in [6, 6.07) is 20.7. The van der Waals surface area contributed by atoms with Gasteiger partial charge in [0.05, 0.1) is 0 Å². The first kappa shape index (κ1) is 28.3. The van der Waals surface area contributed by atoms with E-state index in [1.54, 1.807) is 4.90 Å². The molecule has 5 nitrogen and oxygen atoms in total. The van der Waals surface area contributed by atoms with Gasteiger partial charge in [-0.15, -0.1) is 0 Å². The lowest BCUT2D eigenvalue weighted by Gasteiger charge is -2.34. The molecule has 3 aromatic carbocycles. The van der Waals surface area contributed by atoms with Gasteiger partial charge in [-0.1, -0.05) is 71.8 Å². The van der Waals surface area contributed by atoms with E-state index in [-0.39, 0.29) is 25.0 Å². The van der Waals surface area contributed by atoms with E-state index in [4.69, 9.17) is 16.3 Å². The SMILES string of the molecule is Cc1cccc(CN(C(=O)COc2cc(C)c(Cl)c(C)c2)[C@H](Cc2ccccc2)C(=O)NC(C)(C)C)c1. The van der Waals surface area contributed by atoms with Crippen LogP contribution in [0.5, 0.6) is 5.75 Å². The van der Waals surface area contributed by atoms with Crippen molar-refractivity contribution in [3.8, 4) is 5.75 Å². The lowest BCUT2D eigenvalue weighted by Crippen LogP contribution is -2.55. The molecular formula is C31H37ClN2O3. The normalized spacial score (nSPS) is 12.1. The molecule has 0 aliphatic heterocycles. The van der Waals surface area contributed by atoms with Crippen molar-refractivity contribution < 1.29 is 14.3 Å². The fraction of sp³-hybridized carbons (Fsp3) is 0.355. The van der Waals surface area contributed by atoms with Crippen molar-refractivity contribution in [3.63, 3.8) is 0 Å². The average Bonchev–Trinajstić information content (AvgIpc) is 2.82. The van der Waals surface area contributed by atoms with Gasteiger partial charge in [-0.3, -0.25) is 9.59 Å². The molecule has 196 valence electrons. The molecule has 1 atom stereocenters. The van der Waals surface area contributed by atoms with Gasteiger partial charge in [0.2, 0.25) is 5.91 Å². The second-order valence-electron chi connectivity index (χ2n) is 10.6. The van der Waals surface area contributed by atoms with Crippen LogP contribution < -0.4 is 10.1 Å². The van der Waals surface area contributed by atoms with E-state index >= 15 is 0 Å². The van der Waals surface area contributed by atoms with Crippen LogP contribution in [0.3, 0.4) is 0 Å². The molecule has 0 heterocycles. The number of rotatable bonds is 9. The van der Waals surface area contributed by atoms with Crippen LogP contribution in [0.15, 0.2) is 66.7 Å². The van der Waals surface area contributed by atoms with Crippen molar-refractivity contribution in [1.82, 2.24) is 10.2 Å². The molecule has 0 saturated carbocycles. The number of halogens is 1. The first-order valence-corrected chi connectivity index (χ1v) is 12.9. The number of ether oxygens (including phenoxy) is 1. The van der Waals surface area contributed by atoms with Gasteiger partial charge in [-0.25, -0.2) is 0 Å². The first-order chi connectivity index (χ1) is 17.4. The second kappa shape index (κ2) is 12.3. The third-order valence-corrected chi connectivity index (χ3v) is 6.57. The molecule has 0 spiro atoms. The molecule has 2 amide bonds. The minimum absolute atomic E-state index is 0.194. The molecule has 0 fully saturated rings. The number of hydrogen-bond acceptors (Lipinski definition) is 3. The molecule has 1 N–H and O–H groups in total. The van der Waals surface area contributed by atoms with Crippen LogP contribution in [-0.2, 0) is 22.6 Å². The van der Waals surface area contributed by atoms with Gasteiger partial charge in [0.25, 0.3) is 5.91 Å². The van der Waals surface area contributed by atoms with Gasteiger partial charge in [-0.2, -0.15) is 0 Å². The third kappa shape index (κ3) is 8.36. The standard InChI is InChI=1S/C31H37ClN2O3/c1-21-11-10-14-25(15-21)19-34(28(35)20-37-26-16-22(2)29(32)23(3)17-26)27(30(36)33-31(4,5)6)18-24-12-8-7-9-13-24/h7-17,27H,18-20H2,1-6H3,(H,33,36)/t27-/m1/s1. The summed E-state index contributed by atoms with van der Waals surface area (Å²) in [5.74, 6) is 0.106. The summed E-state index contributed by atoms with van der Waals surface area (Å²) in [6.07, 6.45) is 0.388. The van der Waals surface area contributed by atoms with Crippen molar-refractivity contribution in [2.45, 2.75) is 66.1 Å². The number of nitrogens with zero attached hydrogens (tertiary/aromatic N) is 1. The zero-order valence-corrected chi connectivity index (χ0v) is 23.4. The molecular weight excluding hydrogens is 484 g/mol. The maximum atomic E-state index is 13.7. The fourth-order valence-electron chi connectivity index (χ4n) is 4.23. The molecule has 3 aromatic rings. The highest BCUT2D eigenvalue weighted by Crippen LogP contribution is 2.26. The molecule has 0 unspecified atom stereocenters. The highest BCUT2D eigenvalue weighted by atomic mass is 35.5. The predicted octanol–water partition coefficient (Wildman–Crippen LogP) is 6.20. The number of aryl methyl sites for hydroxylation is 3. The number of amides is 2. The third-order valence-electron chi connectivity index (χ3n) is 5.98. The predicted molar refractivity (Wildman–Crippen MR) is 150 cm³/mol. The highest BCUT2D eigenvalue weighted by Gasteiger charge is 2.32. The van der Waals surface area contributed by atoms with Gasteiger partial charge in [-0.05, 0) is 75.9 Å². The van der Waals surface area contributed by atoms with E-state index in [0.29, 0.717) is 17.2 Å². The Morgan fingerprint density at radius 1 is 0.919 bits per heavy atom. The molecule has 3 rings (SSSR count). The monoisotopic (exact) mass is 520 g/mol. The van der Waals surface area contributed by atoms with Crippen molar-refractivity contribution in [2.24, 2.45) is 0 Å². The molecule has 0 bridgehead atoms. The van der Waals surface area contributed by atoms with Crippen LogP contribution >= 0.6 is 11.6 Å². The zero-order valence-electron chi connectivity index (χ0n) is 22.6. The Hall–Kier alpha value is -3.31. The van der Waals surface area contributed by atoms with Gasteiger partial charge in [0.1, 0.15) is 11.8 Å². The summed E-state index contributed by atoms with van der Waals surface area (Å²) in [7, 11) is 0. The number of carbonyl (C=O) groups excluding carboxylic acids is 2. The van der Waals surface area contributed by atoms with Crippen molar-refractivity contribution in [3.05, 3.63) is 99.6 Å². The lowest BCUT2D eigenvalue weighted by atomic mass is 10.0. The van der Waals surface area contributed by atoms with Crippen LogP contribution in [-0.4, -0.2) is 34.9 Å². The van der Waals surface area contributed by atoms with Crippen molar-refractivity contribution in [2.75, 3.05) is 6.61 Å². The molecule has 6 heteroatoms. The van der Waals surface area contributed by atoms with E-state index in [2.05, 4.69) is 5.32 Å². The molecule has 0 radical (unpaired) electrons. The largest absolute Gasteiger partial charge is 0.484 e. The first-order valence-electron chi connectivity index (χ1n) is 12.5. The summed E-state index contributed by atoms with van der Waals surface area (Å²) >= 11 is 6.30. The Bertz CT molecular complexity index is 1210. The smallest absolute Gasteiger partial charge is 0.261 e. The lowest BCUT2D eigenvalue weighted by molar-refractivity contribution is -0.143. The van der Waals surface area contributed by atoms with Gasteiger partial charge in [0.15, 0.2) is 6.61 Å². The van der Waals surface area contributed by atoms with E-state index in [0.717, 1.165) is 27.8 Å². The summed E-state index contributed by atoms with van der Waals surface area (Å²) in [5, 5.41) is 3.76. The Morgan fingerprint density at radius 2 is 1.54 bits per heavy atom. The molecule has 0 aliphatic rings. The molecule has 0 aliphatic carbocycles. The van der Waals surface area contributed by atoms with E-state index in [1.807, 2.05) is 108 Å². The van der Waals surface area contributed by atoms with Crippen LogP contribution in [0.25, 0.3) is 0 Å². The molecule has 37 heavy (non-hydrogen) atoms. The van der Waals surface area contributed by atoms with Crippen LogP contribution in [0.4, 0.5) is 0 Å². The topological polar surface area (TPSA) is 58.6 Å². The average molecular weight is 521 g/mol. The van der Waals surface area contributed by atoms with E-state index in [1.165, 1.54) is 0 Å². The van der Waals surface area contributed by atoms with Gasteiger partial charge < -0.3 is 15.0 Å². The Balaban J connectivity index is 1.94. The number of benzene rings is 3. The van der Waals surface area contributed by atoms with Crippen LogP contribution in [0.2, 0.25) is 5.02 Å². The second-order valence-corrected chi connectivity index (χ2v) is 11.0. The Kier molecular flexibility index (Phi) is 9.39. The van der Waals surface area contributed by atoms with Gasteiger partial charge in [0, 0.05) is 23.5 Å². The number of carbonyl (C=O) groups is 2. The quantitative estimate of drug-likeness (QED) is 0.365. The Morgan fingerprint density at radius 3 is 2.14 bits per heavy atom. The highest BCUT2D eigenvalue weighted by molar-refractivity contribution is 6.32.